The molecule has 1 aromatic carbocycles. The summed E-state index contributed by atoms with van der Waals surface area (Å²) in [5.74, 6) is -2.23. The van der Waals surface area contributed by atoms with Gasteiger partial charge in [-0.3, -0.25) is 14.4 Å². The summed E-state index contributed by atoms with van der Waals surface area (Å²) >= 11 is 3.22. The Morgan fingerprint density at radius 3 is 2.55 bits per heavy atom. The predicted molar refractivity (Wildman–Crippen MR) is 159 cm³/mol. The molecule has 1 saturated heterocycles. The molecule has 2 aliphatic heterocycles. The second-order valence-electron chi connectivity index (χ2n) is 12.2. The molecule has 42 heavy (non-hydrogen) atoms. The molecule has 0 radical (unpaired) electrons. The van der Waals surface area contributed by atoms with E-state index in [1.54, 1.807) is 18.2 Å². The average molecular weight is 668 g/mol. The summed E-state index contributed by atoms with van der Waals surface area (Å²) in [6, 6.07) is 5.26. The van der Waals surface area contributed by atoms with Gasteiger partial charge in [0, 0.05) is 22.5 Å². The highest BCUT2D eigenvalue weighted by Gasteiger charge is 2.61. The summed E-state index contributed by atoms with van der Waals surface area (Å²) in [6.45, 7) is 5.72. The van der Waals surface area contributed by atoms with Gasteiger partial charge in [0.2, 0.25) is 5.91 Å². The molecule has 3 N–H and O–H groups in total. The summed E-state index contributed by atoms with van der Waals surface area (Å²) in [7, 11) is -4.23. The number of halogens is 1. The van der Waals surface area contributed by atoms with Gasteiger partial charge in [-0.05, 0) is 93.8 Å². The molecule has 1 saturated carbocycles. The van der Waals surface area contributed by atoms with E-state index >= 15 is 0 Å². The molecule has 1 aromatic rings. The molecule has 4 rings (SSSR count). The number of amides is 4. The van der Waals surface area contributed by atoms with Crippen LogP contribution < -0.4 is 15.4 Å². The largest absolute Gasteiger partial charge is 0.436 e. The Bertz CT molecular complexity index is 1360. The number of nitrogens with zero attached hydrogens (tertiary/aromatic N) is 1. The number of rotatable bonds is 4. The first-order chi connectivity index (χ1) is 19.7. The maximum Gasteiger partial charge on any atom is 0.408 e. The third kappa shape index (κ3) is 7.52. The van der Waals surface area contributed by atoms with Crippen LogP contribution in [0.3, 0.4) is 0 Å². The molecule has 2 fully saturated rings. The predicted octanol–water partition coefficient (Wildman–Crippen LogP) is 3.53. The van der Waals surface area contributed by atoms with Gasteiger partial charge < -0.3 is 20.3 Å². The van der Waals surface area contributed by atoms with Crippen molar-refractivity contribution in [3.63, 3.8) is 0 Å². The summed E-state index contributed by atoms with van der Waals surface area (Å²) in [6.07, 6.45) is 6.47. The average Bonchev–Trinajstić information content (AvgIpc) is 3.35. The van der Waals surface area contributed by atoms with E-state index in [0.717, 1.165) is 12.8 Å². The molecule has 4 amide bonds. The Morgan fingerprint density at radius 1 is 1.10 bits per heavy atom. The van der Waals surface area contributed by atoms with Gasteiger partial charge in [-0.25, -0.2) is 17.9 Å². The highest BCUT2D eigenvalue weighted by atomic mass is 79.9. The number of nitrogens with one attached hydrogen (secondary N) is 3. The standard InChI is InChI=1S/C29H39BrN4O7S/c1-28(2,3)32-27(38)41-22-15-8-6-4-5-7-12-19-18-29(19,31-24(35)21-14-11-17-34(21)25(22)36)26(37)33-42(39,40)23-16-10-9-13-20(23)30/h7,9-10,12-13,16,19,21-22H,4-6,8,11,14-15,17-18H2,1-3H3,(H,31,35)(H,32,38)(H,33,37)/t19-,21+,22+,29-/m1/s1. The Labute approximate surface area is 255 Å². The van der Waals surface area contributed by atoms with Gasteiger partial charge in [0.15, 0.2) is 6.10 Å². The Balaban J connectivity index is 1.57. The molecule has 1 aliphatic carbocycles. The zero-order valence-electron chi connectivity index (χ0n) is 24.2. The van der Waals surface area contributed by atoms with Gasteiger partial charge in [0.25, 0.3) is 21.8 Å². The van der Waals surface area contributed by atoms with Crippen LogP contribution in [0.5, 0.6) is 0 Å². The maximum absolute atomic E-state index is 13.7. The number of sulfonamides is 1. The van der Waals surface area contributed by atoms with Gasteiger partial charge in [0.1, 0.15) is 16.5 Å². The number of carbonyl (C=O) groups excluding carboxylic acids is 4. The molecule has 13 heteroatoms. The van der Waals surface area contributed by atoms with Gasteiger partial charge in [0.05, 0.1) is 0 Å². The summed E-state index contributed by atoms with van der Waals surface area (Å²) in [5, 5.41) is 5.53. The van der Waals surface area contributed by atoms with E-state index in [1.165, 1.54) is 11.0 Å². The van der Waals surface area contributed by atoms with Crippen LogP contribution in [0, 0.1) is 5.92 Å². The summed E-state index contributed by atoms with van der Waals surface area (Å²) in [4.78, 5) is 54.7. The minimum atomic E-state index is -4.23. The number of allylic oxidation sites excluding steroid dienone is 1. The van der Waals surface area contributed by atoms with Crippen LogP contribution in [0.25, 0.3) is 0 Å². The number of carbonyl (C=O) groups is 4. The van der Waals surface area contributed by atoms with E-state index in [0.29, 0.717) is 43.1 Å². The van der Waals surface area contributed by atoms with Crippen molar-refractivity contribution >= 4 is 49.8 Å². The molecule has 4 atom stereocenters. The van der Waals surface area contributed by atoms with Crippen LogP contribution in [0.15, 0.2) is 45.8 Å². The van der Waals surface area contributed by atoms with Crippen LogP contribution in [-0.2, 0) is 29.1 Å². The van der Waals surface area contributed by atoms with E-state index in [1.807, 2.05) is 32.9 Å². The van der Waals surface area contributed by atoms with Gasteiger partial charge >= 0.3 is 6.09 Å². The Kier molecular flexibility index (Phi) is 9.71. The number of ether oxygens (including phenoxy) is 1. The van der Waals surface area contributed by atoms with Crippen molar-refractivity contribution in [2.45, 2.75) is 100 Å². The van der Waals surface area contributed by atoms with Crippen molar-refractivity contribution in [2.75, 3.05) is 6.54 Å². The Morgan fingerprint density at radius 2 is 1.83 bits per heavy atom. The highest BCUT2D eigenvalue weighted by molar-refractivity contribution is 9.10. The first kappa shape index (κ1) is 32.0. The molecule has 0 spiro atoms. The molecule has 0 aromatic heterocycles. The lowest BCUT2D eigenvalue weighted by Gasteiger charge is -2.30. The van der Waals surface area contributed by atoms with Gasteiger partial charge in [-0.1, -0.05) is 30.7 Å². The van der Waals surface area contributed by atoms with E-state index in [2.05, 4.69) is 31.3 Å². The molecule has 0 unspecified atom stereocenters. The topological polar surface area (TPSA) is 151 Å². The quantitative estimate of drug-likeness (QED) is 0.416. The molecular formula is C29H39BrN4O7S. The smallest absolute Gasteiger partial charge is 0.408 e. The fraction of sp³-hybridized carbons (Fsp3) is 0.586. The number of alkyl carbamates (subject to hydrolysis) is 1. The fourth-order valence-electron chi connectivity index (χ4n) is 5.43. The monoisotopic (exact) mass is 666 g/mol. The molecule has 2 heterocycles. The van der Waals surface area contributed by atoms with Gasteiger partial charge in [-0.15, -0.1) is 0 Å². The lowest BCUT2D eigenvalue weighted by atomic mass is 10.1. The minimum Gasteiger partial charge on any atom is -0.436 e. The molecule has 11 nitrogen and oxygen atoms in total. The third-order valence-electron chi connectivity index (χ3n) is 7.67. The maximum atomic E-state index is 13.7. The van der Waals surface area contributed by atoms with E-state index < -0.39 is 63.0 Å². The zero-order chi connectivity index (χ0) is 30.7. The van der Waals surface area contributed by atoms with Crippen molar-refractivity contribution < 1.29 is 32.3 Å². The third-order valence-corrected chi connectivity index (χ3v) is 10.0. The first-order valence-electron chi connectivity index (χ1n) is 14.3. The molecule has 3 aliphatic rings. The number of hydrogen-bond acceptors (Lipinski definition) is 7. The van der Waals surface area contributed by atoms with Crippen LogP contribution in [0.1, 0.15) is 72.1 Å². The lowest BCUT2D eigenvalue weighted by Crippen LogP contribution is -2.57. The fourth-order valence-corrected chi connectivity index (χ4v) is 7.47. The van der Waals surface area contributed by atoms with Crippen LogP contribution in [-0.4, -0.2) is 66.9 Å². The summed E-state index contributed by atoms with van der Waals surface area (Å²) < 4.78 is 34.2. The number of benzene rings is 1. The number of hydrogen-bond donors (Lipinski definition) is 3. The second kappa shape index (κ2) is 12.7. The second-order valence-corrected chi connectivity index (χ2v) is 14.7. The van der Waals surface area contributed by atoms with Crippen molar-refractivity contribution in [2.24, 2.45) is 5.92 Å². The zero-order valence-corrected chi connectivity index (χ0v) is 26.6. The van der Waals surface area contributed by atoms with E-state index in [9.17, 15) is 27.6 Å². The van der Waals surface area contributed by atoms with Gasteiger partial charge in [-0.2, -0.15) is 0 Å². The lowest BCUT2D eigenvalue weighted by molar-refractivity contribution is -0.146. The van der Waals surface area contributed by atoms with Crippen molar-refractivity contribution in [3.05, 3.63) is 40.9 Å². The van der Waals surface area contributed by atoms with Crippen LogP contribution >= 0.6 is 15.9 Å². The van der Waals surface area contributed by atoms with Crippen molar-refractivity contribution in [1.29, 1.82) is 0 Å². The van der Waals surface area contributed by atoms with E-state index in [4.69, 9.17) is 4.74 Å². The summed E-state index contributed by atoms with van der Waals surface area (Å²) in [5.41, 5.74) is -2.02. The minimum absolute atomic E-state index is 0.0972. The highest BCUT2D eigenvalue weighted by Crippen LogP contribution is 2.46. The molecule has 230 valence electrons. The molecular weight excluding hydrogens is 628 g/mol. The molecule has 0 bridgehead atoms. The van der Waals surface area contributed by atoms with Crippen molar-refractivity contribution in [3.8, 4) is 0 Å². The first-order valence-corrected chi connectivity index (χ1v) is 16.6. The normalized spacial score (nSPS) is 27.0. The SMILES string of the molecule is CC(C)(C)NC(=O)O[C@H]1CCCCCC=C[C@@H]2C[C@@]2(C(=O)NS(=O)(=O)c2ccccc2Br)NC(=O)[C@@H]2CCCN2C1=O. The Hall–Kier alpha value is -2.93. The van der Waals surface area contributed by atoms with Crippen molar-refractivity contribution in [1.82, 2.24) is 20.3 Å². The number of fused-ring (bicyclic) bond motifs is 2. The van der Waals surface area contributed by atoms with E-state index in [-0.39, 0.29) is 11.3 Å². The van der Waals surface area contributed by atoms with Crippen LogP contribution in [0.4, 0.5) is 4.79 Å². The van der Waals surface area contributed by atoms with Crippen LogP contribution in [0.2, 0.25) is 0 Å².